The van der Waals surface area contributed by atoms with Crippen LogP contribution in [0, 0.1) is 13.8 Å². The molecule has 0 saturated heterocycles. The summed E-state index contributed by atoms with van der Waals surface area (Å²) in [6.07, 6.45) is 4.26. The molecule has 0 unspecified atom stereocenters. The lowest BCUT2D eigenvalue weighted by Gasteiger charge is -2.04. The number of rotatable bonds is 4. The highest BCUT2D eigenvalue weighted by molar-refractivity contribution is 6.03. The summed E-state index contributed by atoms with van der Waals surface area (Å²) in [5.41, 5.74) is 4.26. The van der Waals surface area contributed by atoms with Crippen LogP contribution < -0.4 is 5.32 Å². The van der Waals surface area contributed by atoms with Gasteiger partial charge in [-0.05, 0) is 31.5 Å². The summed E-state index contributed by atoms with van der Waals surface area (Å²) >= 11 is 0. The second-order valence-electron chi connectivity index (χ2n) is 6.04. The molecule has 0 bridgehead atoms. The second-order valence-corrected chi connectivity index (χ2v) is 6.04. The Labute approximate surface area is 154 Å². The highest BCUT2D eigenvalue weighted by atomic mass is 16.2. The summed E-state index contributed by atoms with van der Waals surface area (Å²) in [6, 6.07) is 9.44. The molecule has 4 aromatic rings. The van der Waals surface area contributed by atoms with Crippen LogP contribution in [0.1, 0.15) is 21.6 Å². The van der Waals surface area contributed by atoms with E-state index in [1.807, 2.05) is 32.0 Å². The lowest BCUT2D eigenvalue weighted by molar-refractivity contribution is 0.102. The third-order valence-corrected chi connectivity index (χ3v) is 4.04. The van der Waals surface area contributed by atoms with Gasteiger partial charge in [-0.1, -0.05) is 17.7 Å². The fourth-order valence-corrected chi connectivity index (χ4v) is 2.64. The van der Waals surface area contributed by atoms with Gasteiger partial charge in [0.2, 0.25) is 0 Å². The van der Waals surface area contributed by atoms with Crippen LogP contribution >= 0.6 is 0 Å². The topological polar surface area (TPSA) is 114 Å². The molecular weight excluding hydrogens is 344 g/mol. The van der Waals surface area contributed by atoms with Gasteiger partial charge in [0.1, 0.15) is 30.5 Å². The molecule has 0 aliphatic carbocycles. The summed E-state index contributed by atoms with van der Waals surface area (Å²) in [6.45, 7) is 4.03. The van der Waals surface area contributed by atoms with E-state index in [0.29, 0.717) is 23.0 Å². The van der Waals surface area contributed by atoms with Gasteiger partial charge in [0.25, 0.3) is 5.91 Å². The Morgan fingerprint density at radius 1 is 1.11 bits per heavy atom. The zero-order valence-electron chi connectivity index (χ0n) is 14.7. The zero-order valence-corrected chi connectivity index (χ0v) is 14.7. The third-order valence-electron chi connectivity index (χ3n) is 4.04. The molecule has 4 rings (SSSR count). The molecule has 3 aromatic heterocycles. The number of benzene rings is 1. The summed E-state index contributed by atoms with van der Waals surface area (Å²) in [7, 11) is 0. The van der Waals surface area contributed by atoms with Gasteiger partial charge in [-0.25, -0.2) is 19.6 Å². The second kappa shape index (κ2) is 6.79. The molecule has 3 heterocycles. The monoisotopic (exact) mass is 360 g/mol. The van der Waals surface area contributed by atoms with Crippen LogP contribution in [0.4, 0.5) is 5.82 Å². The molecule has 9 heteroatoms. The average Bonchev–Trinajstić information content (AvgIpc) is 3.36. The van der Waals surface area contributed by atoms with E-state index >= 15 is 0 Å². The van der Waals surface area contributed by atoms with Crippen LogP contribution in [-0.4, -0.2) is 40.8 Å². The van der Waals surface area contributed by atoms with E-state index in [9.17, 15) is 4.79 Å². The van der Waals surface area contributed by atoms with Gasteiger partial charge in [-0.2, -0.15) is 10.2 Å². The third kappa shape index (κ3) is 3.43. The minimum atomic E-state index is -0.345. The number of carbonyl (C=O) groups excluding carboxylic acids is 1. The Balaban J connectivity index is 1.55. The molecule has 0 radical (unpaired) electrons. The van der Waals surface area contributed by atoms with Crippen molar-refractivity contribution in [2.75, 3.05) is 5.32 Å². The van der Waals surface area contributed by atoms with Crippen LogP contribution in [0.25, 0.3) is 17.1 Å². The van der Waals surface area contributed by atoms with E-state index in [-0.39, 0.29) is 5.91 Å². The van der Waals surface area contributed by atoms with Crippen LogP contribution in [0.5, 0.6) is 0 Å². The molecule has 0 aliphatic heterocycles. The zero-order chi connectivity index (χ0) is 18.8. The van der Waals surface area contributed by atoms with Crippen molar-refractivity contribution >= 4 is 11.7 Å². The average molecular weight is 360 g/mol. The van der Waals surface area contributed by atoms with Gasteiger partial charge in [0, 0.05) is 11.6 Å². The van der Waals surface area contributed by atoms with E-state index in [0.717, 1.165) is 16.7 Å². The summed E-state index contributed by atoms with van der Waals surface area (Å²) in [4.78, 5) is 24.6. The first-order valence-corrected chi connectivity index (χ1v) is 8.21. The molecule has 0 atom stereocenters. The Morgan fingerprint density at radius 2 is 2.00 bits per heavy atom. The van der Waals surface area contributed by atoms with E-state index in [1.54, 1.807) is 12.1 Å². The molecule has 134 valence electrons. The van der Waals surface area contributed by atoms with E-state index in [4.69, 9.17) is 0 Å². The van der Waals surface area contributed by atoms with Crippen molar-refractivity contribution in [1.82, 2.24) is 34.9 Å². The normalized spacial score (nSPS) is 10.7. The number of anilines is 1. The van der Waals surface area contributed by atoms with Crippen molar-refractivity contribution in [2.24, 2.45) is 0 Å². The molecule has 0 spiro atoms. The Kier molecular flexibility index (Phi) is 4.17. The Hall–Kier alpha value is -3.88. The molecule has 0 fully saturated rings. The molecule has 2 N–H and O–H groups in total. The highest BCUT2D eigenvalue weighted by Gasteiger charge is 2.14. The van der Waals surface area contributed by atoms with Crippen molar-refractivity contribution in [3.63, 3.8) is 0 Å². The maximum atomic E-state index is 12.5. The maximum absolute atomic E-state index is 12.5. The first-order chi connectivity index (χ1) is 13.1. The van der Waals surface area contributed by atoms with Crippen molar-refractivity contribution in [2.45, 2.75) is 13.8 Å². The van der Waals surface area contributed by atoms with Gasteiger partial charge < -0.3 is 5.32 Å². The lowest BCUT2D eigenvalue weighted by atomic mass is 10.0. The Bertz CT molecular complexity index is 1100. The largest absolute Gasteiger partial charge is 0.305 e. The first-order valence-electron chi connectivity index (χ1n) is 8.21. The number of nitrogens with one attached hydrogen (secondary N) is 2. The fourth-order valence-electron chi connectivity index (χ4n) is 2.64. The van der Waals surface area contributed by atoms with E-state index in [1.165, 1.54) is 23.7 Å². The SMILES string of the molecule is Cc1ccc(C)c(-c2cc(C(=O)Nc3cc(-n4cncn4)ncn3)[nH]n2)c1. The van der Waals surface area contributed by atoms with Crippen LogP contribution in [-0.2, 0) is 0 Å². The van der Waals surface area contributed by atoms with Crippen molar-refractivity contribution in [3.05, 3.63) is 66.1 Å². The number of aromatic nitrogens is 7. The summed E-state index contributed by atoms with van der Waals surface area (Å²) < 4.78 is 1.48. The first kappa shape index (κ1) is 16.6. The van der Waals surface area contributed by atoms with E-state index in [2.05, 4.69) is 35.6 Å². The summed E-state index contributed by atoms with van der Waals surface area (Å²) in [5, 5.41) is 13.8. The number of H-pyrrole nitrogens is 1. The van der Waals surface area contributed by atoms with Crippen molar-refractivity contribution in [3.8, 4) is 17.1 Å². The number of nitrogens with zero attached hydrogens (tertiary/aromatic N) is 6. The lowest BCUT2D eigenvalue weighted by Crippen LogP contribution is -2.14. The number of hydrogen-bond donors (Lipinski definition) is 2. The Morgan fingerprint density at radius 3 is 2.81 bits per heavy atom. The molecule has 1 aromatic carbocycles. The number of aryl methyl sites for hydroxylation is 2. The molecule has 27 heavy (non-hydrogen) atoms. The number of amides is 1. The van der Waals surface area contributed by atoms with Crippen LogP contribution in [0.15, 0.2) is 49.3 Å². The van der Waals surface area contributed by atoms with Crippen LogP contribution in [0.3, 0.4) is 0 Å². The quantitative estimate of drug-likeness (QED) is 0.577. The molecule has 0 aliphatic rings. The molecular formula is C18H16N8O. The minimum absolute atomic E-state index is 0.340. The molecule has 1 amide bonds. The van der Waals surface area contributed by atoms with Crippen molar-refractivity contribution < 1.29 is 4.79 Å². The van der Waals surface area contributed by atoms with Crippen molar-refractivity contribution in [1.29, 1.82) is 0 Å². The number of aromatic amines is 1. The van der Waals surface area contributed by atoms with Gasteiger partial charge >= 0.3 is 0 Å². The van der Waals surface area contributed by atoms with Gasteiger partial charge in [0.15, 0.2) is 5.82 Å². The maximum Gasteiger partial charge on any atom is 0.274 e. The molecule has 9 nitrogen and oxygen atoms in total. The predicted octanol–water partition coefficient (Wildman–Crippen LogP) is 2.32. The van der Waals surface area contributed by atoms with E-state index < -0.39 is 0 Å². The predicted molar refractivity (Wildman–Crippen MR) is 98.4 cm³/mol. The minimum Gasteiger partial charge on any atom is -0.305 e. The van der Waals surface area contributed by atoms with Gasteiger partial charge in [-0.3, -0.25) is 9.89 Å². The van der Waals surface area contributed by atoms with Gasteiger partial charge in [0.05, 0.1) is 5.69 Å². The smallest absolute Gasteiger partial charge is 0.274 e. The summed E-state index contributed by atoms with van der Waals surface area (Å²) in [5.74, 6) is 0.504. The van der Waals surface area contributed by atoms with Gasteiger partial charge in [-0.15, -0.1) is 0 Å². The molecule has 0 saturated carbocycles. The number of carbonyl (C=O) groups is 1. The highest BCUT2D eigenvalue weighted by Crippen LogP contribution is 2.23. The number of hydrogen-bond acceptors (Lipinski definition) is 6. The fraction of sp³-hybridized carbons (Fsp3) is 0.111. The van der Waals surface area contributed by atoms with Crippen LogP contribution in [0.2, 0.25) is 0 Å². The standard InChI is InChI=1S/C18H16N8O/c1-11-3-4-12(2)13(5-11)14-6-15(25-24-14)18(27)23-16-7-17(21-9-20-16)26-10-19-8-22-26/h3-10H,1-2H3,(H,24,25)(H,20,21,23,27).